The molecule has 0 saturated carbocycles. The number of halogens is 1. The minimum absolute atomic E-state index is 0.0866. The fourth-order valence-corrected chi connectivity index (χ4v) is 2.58. The third kappa shape index (κ3) is 4.83. The van der Waals surface area contributed by atoms with Gasteiger partial charge in [-0.1, -0.05) is 60.7 Å². The molecular weight excluding hydrogens is 314 g/mol. The molecule has 0 aliphatic heterocycles. The summed E-state index contributed by atoms with van der Waals surface area (Å²) in [6.07, 6.45) is -1.11. The molecule has 0 aliphatic rings. The van der Waals surface area contributed by atoms with Gasteiger partial charge in [-0.05, 0) is 17.5 Å². The molecule has 0 heterocycles. The fraction of sp³-hybridized carbons (Fsp3) is 0.222. The lowest BCUT2D eigenvalue weighted by atomic mass is 10.0. The van der Waals surface area contributed by atoms with Crippen LogP contribution < -0.4 is 5.11 Å². The Morgan fingerprint density at radius 2 is 1.48 bits per heavy atom. The number of rotatable bonds is 7. The van der Waals surface area contributed by atoms with E-state index in [1.54, 1.807) is 12.1 Å². The van der Waals surface area contributed by atoms with Gasteiger partial charge in [0.05, 0.1) is 11.9 Å². The number of benzene rings is 2. The second kappa shape index (κ2) is 8.34. The van der Waals surface area contributed by atoms with E-state index in [2.05, 4.69) is 0 Å². The Bertz CT molecular complexity index is 646. The molecule has 0 unspecified atom stereocenters. The van der Waals surface area contributed by atoms with Crippen molar-refractivity contribution in [3.05, 3.63) is 71.8 Å². The van der Waals surface area contributed by atoms with Crippen molar-refractivity contribution in [1.29, 1.82) is 0 Å². The lowest BCUT2D eigenvalue weighted by Gasteiger charge is -2.33. The third-order valence-corrected chi connectivity index (χ3v) is 3.85. The van der Waals surface area contributed by atoms with Crippen molar-refractivity contribution in [2.75, 3.05) is 5.88 Å². The lowest BCUT2D eigenvalue weighted by molar-refractivity contribution is -0.268. The van der Waals surface area contributed by atoms with Crippen LogP contribution in [0.25, 0.3) is 0 Å². The SMILES string of the molecule is O=C(CCl)[C@H](Cc1ccccc1)N(Cc1ccccc1)C(=O)[O-]. The van der Waals surface area contributed by atoms with Crippen LogP contribution in [0.4, 0.5) is 4.79 Å². The quantitative estimate of drug-likeness (QED) is 0.732. The zero-order valence-corrected chi connectivity index (χ0v) is 13.3. The number of Topliss-reactive ketones (excluding diaryl/α,β-unsaturated/α-hetero) is 1. The van der Waals surface area contributed by atoms with Crippen LogP contribution in [0, 0.1) is 0 Å². The van der Waals surface area contributed by atoms with E-state index in [4.69, 9.17) is 11.6 Å². The third-order valence-electron chi connectivity index (χ3n) is 3.58. The van der Waals surface area contributed by atoms with E-state index >= 15 is 0 Å². The topological polar surface area (TPSA) is 60.4 Å². The largest absolute Gasteiger partial charge is 0.530 e. The maximum atomic E-state index is 12.2. The van der Waals surface area contributed by atoms with Crippen LogP contribution in [0.3, 0.4) is 0 Å². The molecule has 0 radical (unpaired) electrons. The summed E-state index contributed by atoms with van der Waals surface area (Å²) in [5.74, 6) is -0.577. The van der Waals surface area contributed by atoms with Crippen molar-refractivity contribution in [2.45, 2.75) is 19.0 Å². The summed E-state index contributed by atoms with van der Waals surface area (Å²) in [7, 11) is 0. The second-order valence-electron chi connectivity index (χ2n) is 5.18. The Morgan fingerprint density at radius 3 is 1.96 bits per heavy atom. The minimum atomic E-state index is -1.38. The van der Waals surface area contributed by atoms with Crippen LogP contribution in [-0.2, 0) is 17.8 Å². The zero-order valence-electron chi connectivity index (χ0n) is 12.5. The number of ketones is 1. The summed E-state index contributed by atoms with van der Waals surface area (Å²) in [5, 5.41) is 11.6. The number of carboxylic acid groups (broad SMARTS) is 1. The van der Waals surface area contributed by atoms with Crippen LogP contribution in [0.1, 0.15) is 11.1 Å². The number of hydrogen-bond acceptors (Lipinski definition) is 3. The Hall–Kier alpha value is -2.33. The number of hydrogen-bond donors (Lipinski definition) is 0. The first-order valence-corrected chi connectivity index (χ1v) is 7.79. The van der Waals surface area contributed by atoms with Crippen LogP contribution in [0.5, 0.6) is 0 Å². The van der Waals surface area contributed by atoms with Gasteiger partial charge in [-0.2, -0.15) is 0 Å². The molecule has 23 heavy (non-hydrogen) atoms. The Balaban J connectivity index is 2.26. The molecule has 120 valence electrons. The maximum absolute atomic E-state index is 12.2. The lowest BCUT2D eigenvalue weighted by Crippen LogP contribution is -2.51. The smallest absolute Gasteiger partial charge is 0.170 e. The maximum Gasteiger partial charge on any atom is 0.170 e. The Labute approximate surface area is 140 Å². The van der Waals surface area contributed by atoms with E-state index in [-0.39, 0.29) is 24.6 Å². The summed E-state index contributed by atoms with van der Waals surface area (Å²) < 4.78 is 0. The summed E-state index contributed by atoms with van der Waals surface area (Å²) in [6.45, 7) is 0.0866. The van der Waals surface area contributed by atoms with E-state index < -0.39 is 12.1 Å². The number of carbonyl (C=O) groups excluding carboxylic acids is 2. The first-order valence-electron chi connectivity index (χ1n) is 7.26. The van der Waals surface area contributed by atoms with Crippen molar-refractivity contribution in [1.82, 2.24) is 4.90 Å². The van der Waals surface area contributed by atoms with Crippen LogP contribution in [0.2, 0.25) is 0 Å². The predicted octanol–water partition coefficient (Wildman–Crippen LogP) is 2.25. The van der Waals surface area contributed by atoms with Gasteiger partial charge in [-0.25, -0.2) is 0 Å². The minimum Gasteiger partial charge on any atom is -0.530 e. The number of amides is 1. The molecule has 4 nitrogen and oxygen atoms in total. The molecule has 5 heteroatoms. The van der Waals surface area contributed by atoms with Gasteiger partial charge in [0, 0.05) is 6.54 Å². The fourth-order valence-electron chi connectivity index (χ4n) is 2.41. The molecule has 0 aliphatic carbocycles. The highest BCUT2D eigenvalue weighted by Crippen LogP contribution is 2.14. The number of nitrogens with zero attached hydrogens (tertiary/aromatic N) is 1. The molecule has 0 spiro atoms. The van der Waals surface area contributed by atoms with Gasteiger partial charge in [0.25, 0.3) is 0 Å². The van der Waals surface area contributed by atoms with E-state index in [1.165, 1.54) is 0 Å². The van der Waals surface area contributed by atoms with Crippen LogP contribution in [0.15, 0.2) is 60.7 Å². The van der Waals surface area contributed by atoms with Gasteiger partial charge < -0.3 is 14.8 Å². The highest BCUT2D eigenvalue weighted by atomic mass is 35.5. The second-order valence-corrected chi connectivity index (χ2v) is 5.45. The van der Waals surface area contributed by atoms with E-state index in [1.807, 2.05) is 48.5 Å². The highest BCUT2D eigenvalue weighted by molar-refractivity contribution is 6.28. The molecule has 0 bridgehead atoms. The Kier molecular flexibility index (Phi) is 6.18. The first kappa shape index (κ1) is 17.0. The van der Waals surface area contributed by atoms with Gasteiger partial charge >= 0.3 is 0 Å². The van der Waals surface area contributed by atoms with Crippen molar-refractivity contribution in [3.63, 3.8) is 0 Å². The van der Waals surface area contributed by atoms with Gasteiger partial charge in [0.1, 0.15) is 6.09 Å². The predicted molar refractivity (Wildman–Crippen MR) is 87.0 cm³/mol. The molecule has 0 fully saturated rings. The Morgan fingerprint density at radius 1 is 0.957 bits per heavy atom. The summed E-state index contributed by atoms with van der Waals surface area (Å²) in [5.41, 5.74) is 1.66. The zero-order chi connectivity index (χ0) is 16.7. The van der Waals surface area contributed by atoms with Crippen LogP contribution >= 0.6 is 11.6 Å². The summed E-state index contributed by atoms with van der Waals surface area (Å²) >= 11 is 5.68. The standard InChI is InChI=1S/C18H18ClNO3/c19-12-17(21)16(11-14-7-3-1-4-8-14)20(18(22)23)13-15-9-5-2-6-10-15/h1-10,16H,11-13H2,(H,22,23)/p-1/t16-/m0/s1. The molecule has 0 saturated heterocycles. The van der Waals surface area contributed by atoms with Gasteiger partial charge in [-0.15, -0.1) is 11.6 Å². The normalized spacial score (nSPS) is 11.7. The van der Waals surface area contributed by atoms with Crippen molar-refractivity contribution in [3.8, 4) is 0 Å². The van der Waals surface area contributed by atoms with E-state index in [0.29, 0.717) is 0 Å². The first-order chi connectivity index (χ1) is 11.1. The molecular formula is C18H17ClNO3-. The average molecular weight is 331 g/mol. The van der Waals surface area contributed by atoms with Gasteiger partial charge in [0.2, 0.25) is 0 Å². The molecule has 0 N–H and O–H groups in total. The molecule has 0 aromatic heterocycles. The molecule has 1 amide bonds. The van der Waals surface area contributed by atoms with Gasteiger partial charge in [-0.3, -0.25) is 4.79 Å². The van der Waals surface area contributed by atoms with E-state index in [0.717, 1.165) is 16.0 Å². The van der Waals surface area contributed by atoms with E-state index in [9.17, 15) is 14.7 Å². The number of carbonyl (C=O) groups is 2. The summed E-state index contributed by atoms with van der Waals surface area (Å²) in [4.78, 5) is 24.8. The summed E-state index contributed by atoms with van der Waals surface area (Å²) in [6, 6.07) is 17.5. The molecule has 1 atom stereocenters. The van der Waals surface area contributed by atoms with Crippen LogP contribution in [-0.4, -0.2) is 28.7 Å². The molecule has 2 aromatic carbocycles. The highest BCUT2D eigenvalue weighted by Gasteiger charge is 2.25. The average Bonchev–Trinajstić information content (AvgIpc) is 2.59. The molecule has 2 rings (SSSR count). The molecule has 2 aromatic rings. The number of alkyl halides is 1. The monoisotopic (exact) mass is 330 g/mol. The van der Waals surface area contributed by atoms with Gasteiger partial charge in [0.15, 0.2) is 5.78 Å². The van der Waals surface area contributed by atoms with Crippen molar-refractivity contribution < 1.29 is 14.7 Å². The van der Waals surface area contributed by atoms with Crippen molar-refractivity contribution >= 4 is 23.5 Å². The van der Waals surface area contributed by atoms with Crippen molar-refractivity contribution in [2.24, 2.45) is 0 Å².